The number of hydrogen-bond acceptors (Lipinski definition) is 7. The third kappa shape index (κ3) is 3.31. The maximum absolute atomic E-state index is 15.0. The number of esters is 1. The summed E-state index contributed by atoms with van der Waals surface area (Å²) in [5.74, 6) is -1.16. The van der Waals surface area contributed by atoms with Crippen molar-refractivity contribution < 1.29 is 19.0 Å². The van der Waals surface area contributed by atoms with Crippen molar-refractivity contribution in [1.82, 2.24) is 9.47 Å². The Kier molecular flexibility index (Phi) is 5.30. The van der Waals surface area contributed by atoms with Crippen molar-refractivity contribution in [1.29, 1.82) is 0 Å². The summed E-state index contributed by atoms with van der Waals surface area (Å²) in [6, 6.07) is 2.94. The van der Waals surface area contributed by atoms with Crippen LogP contribution < -0.4 is 10.3 Å². The van der Waals surface area contributed by atoms with E-state index in [4.69, 9.17) is 4.74 Å². The Labute approximate surface area is 172 Å². The molecule has 9 heteroatoms. The number of anilines is 1. The first-order valence-corrected chi connectivity index (χ1v) is 10.6. The molecule has 2 unspecified atom stereocenters. The first-order valence-electron chi connectivity index (χ1n) is 9.76. The summed E-state index contributed by atoms with van der Waals surface area (Å²) in [5.41, 5.74) is 0.553. The third-order valence-corrected chi connectivity index (χ3v) is 6.71. The summed E-state index contributed by atoms with van der Waals surface area (Å²) in [5, 5.41) is 10.5. The molecular weight excluding hydrogens is 397 g/mol. The van der Waals surface area contributed by atoms with Crippen molar-refractivity contribution >= 4 is 34.3 Å². The van der Waals surface area contributed by atoms with Gasteiger partial charge in [-0.3, -0.25) is 9.69 Å². The summed E-state index contributed by atoms with van der Waals surface area (Å²) in [4.78, 5) is 29.2. The number of benzene rings is 1. The normalized spacial score (nSPS) is 20.3. The number of hydrogen-bond donors (Lipinski definition) is 1. The van der Waals surface area contributed by atoms with E-state index in [-0.39, 0.29) is 22.9 Å². The molecule has 2 atom stereocenters. The molecule has 1 saturated heterocycles. The molecule has 0 saturated carbocycles. The lowest BCUT2D eigenvalue weighted by Crippen LogP contribution is -2.49. The highest BCUT2D eigenvalue weighted by atomic mass is 32.2. The van der Waals surface area contributed by atoms with Gasteiger partial charge in [0.1, 0.15) is 17.6 Å². The van der Waals surface area contributed by atoms with Crippen molar-refractivity contribution in [3.63, 3.8) is 0 Å². The Morgan fingerprint density at radius 1 is 1.34 bits per heavy atom. The van der Waals surface area contributed by atoms with E-state index in [0.29, 0.717) is 42.4 Å². The quantitative estimate of drug-likeness (QED) is 0.760. The summed E-state index contributed by atoms with van der Waals surface area (Å²) >= 11 is 1.43. The fraction of sp³-hybridized carbons (Fsp3) is 0.500. The molecule has 0 amide bonds. The van der Waals surface area contributed by atoms with Crippen molar-refractivity contribution in [2.24, 2.45) is 0 Å². The Balaban J connectivity index is 1.80. The van der Waals surface area contributed by atoms with E-state index in [0.717, 1.165) is 0 Å². The molecule has 1 aromatic heterocycles. The van der Waals surface area contributed by atoms with Crippen LogP contribution in [0.25, 0.3) is 10.9 Å². The van der Waals surface area contributed by atoms with E-state index >= 15 is 0 Å². The number of aliphatic hydroxyl groups excluding tert-OH is 1. The summed E-state index contributed by atoms with van der Waals surface area (Å²) in [7, 11) is 0. The highest BCUT2D eigenvalue weighted by molar-refractivity contribution is 8.00. The zero-order valence-corrected chi connectivity index (χ0v) is 17.5. The molecule has 1 fully saturated rings. The van der Waals surface area contributed by atoms with Gasteiger partial charge < -0.3 is 19.3 Å². The Bertz CT molecular complexity index is 1030. The zero-order valence-electron chi connectivity index (χ0n) is 16.6. The predicted octanol–water partition coefficient (Wildman–Crippen LogP) is 2.40. The number of rotatable bonds is 4. The van der Waals surface area contributed by atoms with E-state index in [2.05, 4.69) is 0 Å². The maximum atomic E-state index is 15.0. The number of carbonyl (C=O) groups excluding carboxylic acids is 1. The number of aromatic nitrogens is 1. The van der Waals surface area contributed by atoms with Gasteiger partial charge in [-0.2, -0.15) is 0 Å². The standard InChI is InChI=1S/C20H24FN3O4S/c1-4-28-20(27)17-18(26)13-9-14(21)16(10-15(13)24-12(3)29-19(17)24)23-7-5-22(6-8-23)11(2)25/h9-12,25H,4-8H2,1-3H3. The van der Waals surface area contributed by atoms with Crippen LogP contribution in [0.5, 0.6) is 0 Å². The molecule has 3 heterocycles. The number of pyridine rings is 1. The van der Waals surface area contributed by atoms with E-state index in [9.17, 15) is 19.1 Å². The van der Waals surface area contributed by atoms with Gasteiger partial charge in [0.25, 0.3) is 0 Å². The van der Waals surface area contributed by atoms with Crippen LogP contribution in [-0.2, 0) is 4.74 Å². The number of piperazine rings is 1. The number of ether oxygens (including phenoxy) is 1. The summed E-state index contributed by atoms with van der Waals surface area (Å²) in [6.07, 6.45) is -0.531. The van der Waals surface area contributed by atoms with Gasteiger partial charge in [-0.1, -0.05) is 11.8 Å². The predicted molar refractivity (Wildman–Crippen MR) is 110 cm³/mol. The minimum Gasteiger partial charge on any atom is -0.462 e. The average Bonchev–Trinajstić information content (AvgIpc) is 2.68. The van der Waals surface area contributed by atoms with Gasteiger partial charge in [-0.25, -0.2) is 9.18 Å². The number of fused-ring (bicyclic) bond motifs is 3. The average molecular weight is 421 g/mol. The number of nitrogens with zero attached hydrogens (tertiary/aromatic N) is 3. The molecule has 2 aliphatic heterocycles. The van der Waals surface area contributed by atoms with Crippen LogP contribution in [0.2, 0.25) is 0 Å². The van der Waals surface area contributed by atoms with Gasteiger partial charge in [-0.15, -0.1) is 0 Å². The monoisotopic (exact) mass is 421 g/mol. The lowest BCUT2D eigenvalue weighted by atomic mass is 10.1. The molecule has 7 nitrogen and oxygen atoms in total. The van der Waals surface area contributed by atoms with Gasteiger partial charge in [0.15, 0.2) is 0 Å². The molecule has 0 radical (unpaired) electrons. The Hall–Kier alpha value is -2.10. The SMILES string of the molecule is CCOC(=O)c1c2n(c3cc(N4CCN(C(C)O)CC4)c(F)cc3c1=O)C(C)S2. The second-order valence-electron chi connectivity index (χ2n) is 7.29. The van der Waals surface area contributed by atoms with E-state index < -0.39 is 23.4 Å². The number of aliphatic hydroxyl groups is 1. The van der Waals surface area contributed by atoms with Crippen LogP contribution in [-0.4, -0.2) is 59.6 Å². The van der Waals surface area contributed by atoms with E-state index in [1.165, 1.54) is 17.8 Å². The van der Waals surface area contributed by atoms with E-state index in [1.54, 1.807) is 19.9 Å². The molecule has 0 bridgehead atoms. The van der Waals surface area contributed by atoms with Crippen molar-refractivity contribution in [2.45, 2.75) is 37.4 Å². The van der Waals surface area contributed by atoms with Gasteiger partial charge in [0.05, 0.1) is 28.2 Å². The summed E-state index contributed by atoms with van der Waals surface area (Å²) < 4.78 is 21.9. The fourth-order valence-electron chi connectivity index (χ4n) is 4.00. The lowest BCUT2D eigenvalue weighted by molar-refractivity contribution is 0.0152. The largest absolute Gasteiger partial charge is 0.462 e. The highest BCUT2D eigenvalue weighted by Gasteiger charge is 2.34. The fourth-order valence-corrected chi connectivity index (χ4v) is 5.15. The smallest absolute Gasteiger partial charge is 0.344 e. The molecular formula is C20H24FN3O4S. The van der Waals surface area contributed by atoms with Crippen LogP contribution in [0, 0.1) is 5.82 Å². The first-order chi connectivity index (χ1) is 13.8. The maximum Gasteiger partial charge on any atom is 0.344 e. The van der Waals surface area contributed by atoms with E-state index in [1.807, 2.05) is 21.3 Å². The highest BCUT2D eigenvalue weighted by Crippen LogP contribution is 2.46. The first kappa shape index (κ1) is 20.2. The number of halogens is 1. The van der Waals surface area contributed by atoms with Crippen molar-refractivity contribution in [3.05, 3.63) is 33.7 Å². The van der Waals surface area contributed by atoms with Crippen LogP contribution in [0.4, 0.5) is 10.1 Å². The van der Waals surface area contributed by atoms with Gasteiger partial charge in [0, 0.05) is 31.6 Å². The van der Waals surface area contributed by atoms with Crippen LogP contribution in [0.3, 0.4) is 0 Å². The van der Waals surface area contributed by atoms with Crippen LogP contribution in [0.15, 0.2) is 22.0 Å². The minimum atomic E-state index is -0.665. The lowest BCUT2D eigenvalue weighted by Gasteiger charge is -2.38. The second-order valence-corrected chi connectivity index (χ2v) is 8.60. The molecule has 4 rings (SSSR count). The number of thioether (sulfide) groups is 1. The minimum absolute atomic E-state index is 0.0138. The third-order valence-electron chi connectivity index (χ3n) is 5.54. The molecule has 2 aromatic rings. The molecule has 29 heavy (non-hydrogen) atoms. The molecule has 0 spiro atoms. The molecule has 1 N–H and O–H groups in total. The van der Waals surface area contributed by atoms with Crippen molar-refractivity contribution in [3.8, 4) is 0 Å². The number of carbonyl (C=O) groups is 1. The van der Waals surface area contributed by atoms with Gasteiger partial charge >= 0.3 is 5.97 Å². The van der Waals surface area contributed by atoms with Gasteiger partial charge in [0.2, 0.25) is 5.43 Å². The second kappa shape index (κ2) is 7.62. The zero-order chi connectivity index (χ0) is 20.9. The molecule has 2 aliphatic rings. The summed E-state index contributed by atoms with van der Waals surface area (Å²) in [6.45, 7) is 7.96. The van der Waals surface area contributed by atoms with Crippen molar-refractivity contribution in [2.75, 3.05) is 37.7 Å². The van der Waals surface area contributed by atoms with Crippen LogP contribution in [0.1, 0.15) is 36.5 Å². The Morgan fingerprint density at radius 3 is 2.62 bits per heavy atom. The molecule has 156 valence electrons. The molecule has 0 aliphatic carbocycles. The van der Waals surface area contributed by atoms with Crippen LogP contribution >= 0.6 is 11.8 Å². The topological polar surface area (TPSA) is 75.0 Å². The Morgan fingerprint density at radius 2 is 2.03 bits per heavy atom. The molecule has 1 aromatic carbocycles. The van der Waals surface area contributed by atoms with Gasteiger partial charge in [-0.05, 0) is 32.9 Å².